The zero-order valence-corrected chi connectivity index (χ0v) is 11.1. The van der Waals surface area contributed by atoms with E-state index in [1.165, 1.54) is 11.3 Å². The lowest BCUT2D eigenvalue weighted by molar-refractivity contribution is 0.100. The molecule has 0 spiro atoms. The standard InChI is InChI=1S/C10H15N3OS2/c1-4-12-10(15)13-9-7(8(11)14)5(2)6(3)16-9/h4H2,1-3H3,(H2,11,14)(H2,12,13,15). The average Bonchev–Trinajstić information content (AvgIpc) is 2.42. The van der Waals surface area contributed by atoms with Gasteiger partial charge in [-0.3, -0.25) is 4.79 Å². The molecule has 4 nitrogen and oxygen atoms in total. The molecule has 1 rings (SSSR count). The van der Waals surface area contributed by atoms with Crippen molar-refractivity contribution in [3.05, 3.63) is 16.0 Å². The van der Waals surface area contributed by atoms with Crippen LogP contribution in [-0.4, -0.2) is 17.6 Å². The van der Waals surface area contributed by atoms with Crippen LogP contribution in [0.25, 0.3) is 0 Å². The van der Waals surface area contributed by atoms with Crippen LogP contribution in [0.15, 0.2) is 0 Å². The molecule has 88 valence electrons. The zero-order valence-electron chi connectivity index (χ0n) is 9.51. The molecule has 4 N–H and O–H groups in total. The highest BCUT2D eigenvalue weighted by Crippen LogP contribution is 2.31. The van der Waals surface area contributed by atoms with Gasteiger partial charge in [-0.2, -0.15) is 0 Å². The van der Waals surface area contributed by atoms with Gasteiger partial charge < -0.3 is 16.4 Å². The fourth-order valence-corrected chi connectivity index (χ4v) is 2.70. The van der Waals surface area contributed by atoms with Crippen molar-refractivity contribution in [1.29, 1.82) is 0 Å². The summed E-state index contributed by atoms with van der Waals surface area (Å²) in [6, 6.07) is 0. The topological polar surface area (TPSA) is 67.2 Å². The number of amides is 1. The monoisotopic (exact) mass is 257 g/mol. The number of aryl methyl sites for hydroxylation is 1. The molecule has 1 amide bonds. The maximum Gasteiger partial charge on any atom is 0.251 e. The van der Waals surface area contributed by atoms with E-state index in [-0.39, 0.29) is 0 Å². The summed E-state index contributed by atoms with van der Waals surface area (Å²) in [4.78, 5) is 12.4. The summed E-state index contributed by atoms with van der Waals surface area (Å²) in [5, 5.41) is 7.18. The summed E-state index contributed by atoms with van der Waals surface area (Å²) >= 11 is 6.55. The molecule has 0 aliphatic rings. The van der Waals surface area contributed by atoms with Gasteiger partial charge in [0.25, 0.3) is 5.91 Å². The Balaban J connectivity index is 3.00. The summed E-state index contributed by atoms with van der Waals surface area (Å²) in [6.45, 7) is 6.52. The summed E-state index contributed by atoms with van der Waals surface area (Å²) in [7, 11) is 0. The van der Waals surface area contributed by atoms with E-state index in [4.69, 9.17) is 18.0 Å². The molecule has 0 atom stereocenters. The second-order valence-electron chi connectivity index (χ2n) is 3.34. The van der Waals surface area contributed by atoms with Crippen LogP contribution in [0.5, 0.6) is 0 Å². The highest BCUT2D eigenvalue weighted by molar-refractivity contribution is 7.80. The molecule has 1 aromatic rings. The van der Waals surface area contributed by atoms with Crippen molar-refractivity contribution >= 4 is 39.6 Å². The van der Waals surface area contributed by atoms with Crippen LogP contribution < -0.4 is 16.4 Å². The van der Waals surface area contributed by atoms with Gasteiger partial charge in [-0.15, -0.1) is 11.3 Å². The Morgan fingerprint density at radius 2 is 2.12 bits per heavy atom. The Hall–Kier alpha value is -1.14. The van der Waals surface area contributed by atoms with E-state index in [1.807, 2.05) is 20.8 Å². The molecule has 1 aromatic heterocycles. The van der Waals surface area contributed by atoms with E-state index in [0.717, 1.165) is 17.0 Å². The second kappa shape index (κ2) is 5.27. The van der Waals surface area contributed by atoms with Crippen LogP contribution in [-0.2, 0) is 0 Å². The van der Waals surface area contributed by atoms with Crippen molar-refractivity contribution in [1.82, 2.24) is 5.32 Å². The van der Waals surface area contributed by atoms with Crippen LogP contribution in [0.3, 0.4) is 0 Å². The molecule has 0 saturated heterocycles. The van der Waals surface area contributed by atoms with Crippen molar-refractivity contribution in [3.63, 3.8) is 0 Å². The summed E-state index contributed by atoms with van der Waals surface area (Å²) in [5.41, 5.74) is 6.79. The number of carbonyl (C=O) groups is 1. The lowest BCUT2D eigenvalue weighted by Gasteiger charge is -2.08. The molecule has 0 unspecified atom stereocenters. The van der Waals surface area contributed by atoms with Crippen molar-refractivity contribution in [2.45, 2.75) is 20.8 Å². The molecule has 1 heterocycles. The van der Waals surface area contributed by atoms with Gasteiger partial charge in [-0.1, -0.05) is 0 Å². The first kappa shape index (κ1) is 12.9. The first-order chi connectivity index (χ1) is 7.47. The maximum atomic E-state index is 11.3. The lowest BCUT2D eigenvalue weighted by Crippen LogP contribution is -2.28. The van der Waals surface area contributed by atoms with Crippen molar-refractivity contribution in [2.24, 2.45) is 5.73 Å². The van der Waals surface area contributed by atoms with Crippen LogP contribution in [0.2, 0.25) is 0 Å². The van der Waals surface area contributed by atoms with Gasteiger partial charge in [0.1, 0.15) is 5.00 Å². The van der Waals surface area contributed by atoms with E-state index in [0.29, 0.717) is 15.7 Å². The minimum absolute atomic E-state index is 0.427. The third-order valence-electron chi connectivity index (χ3n) is 2.20. The molecular weight excluding hydrogens is 242 g/mol. The van der Waals surface area contributed by atoms with Crippen molar-refractivity contribution in [3.8, 4) is 0 Å². The number of nitrogens with two attached hydrogens (primary N) is 1. The largest absolute Gasteiger partial charge is 0.365 e. The zero-order chi connectivity index (χ0) is 12.3. The lowest BCUT2D eigenvalue weighted by atomic mass is 10.1. The minimum atomic E-state index is -0.427. The maximum absolute atomic E-state index is 11.3. The smallest absolute Gasteiger partial charge is 0.251 e. The number of hydrogen-bond donors (Lipinski definition) is 3. The number of thiophene rings is 1. The summed E-state index contributed by atoms with van der Waals surface area (Å²) in [6.07, 6.45) is 0. The van der Waals surface area contributed by atoms with Gasteiger partial charge in [0, 0.05) is 11.4 Å². The fourth-order valence-electron chi connectivity index (χ4n) is 1.32. The normalized spacial score (nSPS) is 9.94. The fraction of sp³-hybridized carbons (Fsp3) is 0.400. The van der Waals surface area contributed by atoms with Gasteiger partial charge in [0.05, 0.1) is 5.56 Å². The van der Waals surface area contributed by atoms with Gasteiger partial charge >= 0.3 is 0 Å². The predicted molar refractivity (Wildman–Crippen MR) is 72.2 cm³/mol. The summed E-state index contributed by atoms with van der Waals surface area (Å²) < 4.78 is 0. The van der Waals surface area contributed by atoms with E-state index in [1.54, 1.807) is 0 Å². The van der Waals surface area contributed by atoms with Gasteiger partial charge in [0.15, 0.2) is 5.11 Å². The van der Waals surface area contributed by atoms with Crippen molar-refractivity contribution in [2.75, 3.05) is 11.9 Å². The van der Waals surface area contributed by atoms with Crippen LogP contribution in [0, 0.1) is 13.8 Å². The third kappa shape index (κ3) is 2.70. The molecule has 0 aliphatic carbocycles. The van der Waals surface area contributed by atoms with Gasteiger partial charge in [-0.05, 0) is 38.6 Å². The third-order valence-corrected chi connectivity index (χ3v) is 3.57. The number of thiocarbonyl (C=S) groups is 1. The molecule has 0 aliphatic heterocycles. The molecule has 0 saturated carbocycles. The highest BCUT2D eigenvalue weighted by atomic mass is 32.1. The second-order valence-corrected chi connectivity index (χ2v) is 4.97. The average molecular weight is 257 g/mol. The summed E-state index contributed by atoms with van der Waals surface area (Å²) in [5.74, 6) is -0.427. The molecule has 0 aromatic carbocycles. The predicted octanol–water partition coefficient (Wildman–Crippen LogP) is 1.77. The quantitative estimate of drug-likeness (QED) is 0.722. The molecule has 0 radical (unpaired) electrons. The Morgan fingerprint density at radius 3 is 2.62 bits per heavy atom. The first-order valence-corrected chi connectivity index (χ1v) is 6.14. The van der Waals surface area contributed by atoms with Crippen LogP contribution >= 0.6 is 23.6 Å². The van der Waals surface area contributed by atoms with E-state index >= 15 is 0 Å². The Morgan fingerprint density at radius 1 is 1.50 bits per heavy atom. The highest BCUT2D eigenvalue weighted by Gasteiger charge is 2.17. The molecule has 0 bridgehead atoms. The number of primary amides is 1. The van der Waals surface area contributed by atoms with E-state index in [9.17, 15) is 4.79 Å². The molecule has 6 heteroatoms. The number of nitrogens with one attached hydrogen (secondary N) is 2. The molecule has 16 heavy (non-hydrogen) atoms. The number of anilines is 1. The first-order valence-electron chi connectivity index (χ1n) is 4.92. The number of rotatable bonds is 3. The molecule has 0 fully saturated rings. The SMILES string of the molecule is CCNC(=S)Nc1sc(C)c(C)c1C(N)=O. The van der Waals surface area contributed by atoms with E-state index < -0.39 is 5.91 Å². The Bertz CT molecular complexity index is 426. The molecular formula is C10H15N3OS2. The van der Waals surface area contributed by atoms with E-state index in [2.05, 4.69) is 10.6 Å². The Labute approximate surface area is 104 Å². The minimum Gasteiger partial charge on any atom is -0.365 e. The number of hydrogen-bond acceptors (Lipinski definition) is 3. The Kier molecular flexibility index (Phi) is 4.26. The van der Waals surface area contributed by atoms with Crippen molar-refractivity contribution < 1.29 is 4.79 Å². The van der Waals surface area contributed by atoms with Gasteiger partial charge in [-0.25, -0.2) is 0 Å². The van der Waals surface area contributed by atoms with Crippen LogP contribution in [0.1, 0.15) is 27.7 Å². The number of carbonyl (C=O) groups excluding carboxylic acids is 1. The van der Waals surface area contributed by atoms with Crippen LogP contribution in [0.4, 0.5) is 5.00 Å². The van der Waals surface area contributed by atoms with Gasteiger partial charge in [0.2, 0.25) is 0 Å².